The van der Waals surface area contributed by atoms with E-state index in [1.54, 1.807) is 0 Å². The first-order valence-electron chi connectivity index (χ1n) is 7.19. The van der Waals surface area contributed by atoms with E-state index in [0.717, 1.165) is 38.9 Å². The Morgan fingerprint density at radius 3 is 2.72 bits per heavy atom. The summed E-state index contributed by atoms with van der Waals surface area (Å²) >= 11 is 0. The van der Waals surface area contributed by atoms with E-state index in [1.165, 1.54) is 6.42 Å². The van der Waals surface area contributed by atoms with Crippen LogP contribution in [0.15, 0.2) is 0 Å². The molecular formula is C14H29N3O. The quantitative estimate of drug-likeness (QED) is 0.705. The molecule has 0 saturated carbocycles. The van der Waals surface area contributed by atoms with Gasteiger partial charge >= 0.3 is 0 Å². The Labute approximate surface area is 111 Å². The molecule has 0 spiro atoms. The van der Waals surface area contributed by atoms with Gasteiger partial charge in [0.05, 0.1) is 5.54 Å². The minimum absolute atomic E-state index is 0.161. The SMILES string of the molecule is CC(C)N(C)CCCNC(=O)C1(C)CCCCN1. The van der Waals surface area contributed by atoms with Crippen molar-refractivity contribution in [3.8, 4) is 0 Å². The van der Waals surface area contributed by atoms with Crippen LogP contribution in [0, 0.1) is 0 Å². The Hall–Kier alpha value is -0.610. The monoisotopic (exact) mass is 255 g/mol. The number of carbonyl (C=O) groups excluding carboxylic acids is 1. The van der Waals surface area contributed by atoms with E-state index in [4.69, 9.17) is 0 Å². The molecule has 1 unspecified atom stereocenters. The molecule has 0 aromatic rings. The van der Waals surface area contributed by atoms with Crippen LogP contribution in [0.2, 0.25) is 0 Å². The predicted molar refractivity (Wildman–Crippen MR) is 75.7 cm³/mol. The highest BCUT2D eigenvalue weighted by Crippen LogP contribution is 2.18. The standard InChI is InChI=1S/C14H29N3O/c1-12(2)17(4)11-7-9-15-13(18)14(3)8-5-6-10-16-14/h12,16H,5-11H2,1-4H3,(H,15,18). The number of nitrogens with one attached hydrogen (secondary N) is 2. The second kappa shape index (κ2) is 7.10. The molecule has 0 aliphatic carbocycles. The summed E-state index contributed by atoms with van der Waals surface area (Å²) in [7, 11) is 2.12. The molecule has 4 nitrogen and oxygen atoms in total. The van der Waals surface area contributed by atoms with E-state index in [-0.39, 0.29) is 11.4 Å². The van der Waals surface area contributed by atoms with Crippen molar-refractivity contribution < 1.29 is 4.79 Å². The molecule has 1 heterocycles. The van der Waals surface area contributed by atoms with Crippen LogP contribution in [0.25, 0.3) is 0 Å². The summed E-state index contributed by atoms with van der Waals surface area (Å²) in [5.41, 5.74) is -0.345. The average Bonchev–Trinajstić information content (AvgIpc) is 2.34. The van der Waals surface area contributed by atoms with Crippen LogP contribution >= 0.6 is 0 Å². The fraction of sp³-hybridized carbons (Fsp3) is 0.929. The van der Waals surface area contributed by atoms with E-state index < -0.39 is 0 Å². The maximum absolute atomic E-state index is 12.1. The van der Waals surface area contributed by atoms with Gasteiger partial charge in [0.1, 0.15) is 0 Å². The van der Waals surface area contributed by atoms with Crippen molar-refractivity contribution in [2.75, 3.05) is 26.7 Å². The van der Waals surface area contributed by atoms with Gasteiger partial charge in [0.15, 0.2) is 0 Å². The highest BCUT2D eigenvalue weighted by atomic mass is 16.2. The summed E-state index contributed by atoms with van der Waals surface area (Å²) in [5.74, 6) is 0.161. The summed E-state index contributed by atoms with van der Waals surface area (Å²) in [6.45, 7) is 9.15. The minimum atomic E-state index is -0.345. The molecule has 1 fully saturated rings. The summed E-state index contributed by atoms with van der Waals surface area (Å²) in [4.78, 5) is 14.4. The van der Waals surface area contributed by atoms with Crippen LogP contribution < -0.4 is 10.6 Å². The number of nitrogens with zero attached hydrogens (tertiary/aromatic N) is 1. The van der Waals surface area contributed by atoms with Gasteiger partial charge in [-0.3, -0.25) is 4.79 Å². The number of hydrogen-bond acceptors (Lipinski definition) is 3. The van der Waals surface area contributed by atoms with Gasteiger partial charge in [-0.2, -0.15) is 0 Å². The lowest BCUT2D eigenvalue weighted by atomic mass is 9.90. The van der Waals surface area contributed by atoms with Crippen LogP contribution in [0.4, 0.5) is 0 Å². The van der Waals surface area contributed by atoms with Gasteiger partial charge in [0.25, 0.3) is 0 Å². The molecule has 4 heteroatoms. The average molecular weight is 255 g/mol. The fourth-order valence-corrected chi connectivity index (χ4v) is 2.23. The van der Waals surface area contributed by atoms with E-state index in [2.05, 4.69) is 36.4 Å². The highest BCUT2D eigenvalue weighted by molar-refractivity contribution is 5.85. The number of carbonyl (C=O) groups is 1. The first-order chi connectivity index (χ1) is 8.46. The van der Waals surface area contributed by atoms with E-state index in [0.29, 0.717) is 6.04 Å². The first-order valence-corrected chi connectivity index (χ1v) is 7.19. The molecule has 0 aromatic carbocycles. The highest BCUT2D eigenvalue weighted by Gasteiger charge is 2.33. The third-order valence-electron chi connectivity index (χ3n) is 3.97. The van der Waals surface area contributed by atoms with Crippen molar-refractivity contribution in [3.63, 3.8) is 0 Å². The molecule has 2 N–H and O–H groups in total. The maximum atomic E-state index is 12.1. The predicted octanol–water partition coefficient (Wildman–Crippen LogP) is 1.37. The molecular weight excluding hydrogens is 226 g/mol. The van der Waals surface area contributed by atoms with Crippen molar-refractivity contribution in [3.05, 3.63) is 0 Å². The molecule has 0 aromatic heterocycles. The Bertz CT molecular complexity index is 260. The molecule has 1 aliphatic rings. The molecule has 1 atom stereocenters. The third kappa shape index (κ3) is 4.58. The summed E-state index contributed by atoms with van der Waals surface area (Å²) in [5, 5.41) is 6.40. The van der Waals surface area contributed by atoms with Crippen LogP contribution in [-0.2, 0) is 4.79 Å². The lowest BCUT2D eigenvalue weighted by Crippen LogP contribution is -2.57. The molecule has 0 bridgehead atoms. The van der Waals surface area contributed by atoms with Crippen LogP contribution in [0.5, 0.6) is 0 Å². The van der Waals surface area contributed by atoms with Crippen molar-refractivity contribution in [2.24, 2.45) is 0 Å². The van der Waals surface area contributed by atoms with E-state index >= 15 is 0 Å². The van der Waals surface area contributed by atoms with Gasteiger partial charge in [0, 0.05) is 12.6 Å². The van der Waals surface area contributed by atoms with Gasteiger partial charge in [-0.25, -0.2) is 0 Å². The van der Waals surface area contributed by atoms with Gasteiger partial charge in [0.2, 0.25) is 5.91 Å². The minimum Gasteiger partial charge on any atom is -0.354 e. The zero-order valence-corrected chi connectivity index (χ0v) is 12.4. The number of piperidine rings is 1. The Morgan fingerprint density at radius 1 is 1.44 bits per heavy atom. The first kappa shape index (κ1) is 15.4. The Kier molecular flexibility index (Phi) is 6.09. The van der Waals surface area contributed by atoms with Gasteiger partial charge in [-0.15, -0.1) is 0 Å². The molecule has 18 heavy (non-hydrogen) atoms. The van der Waals surface area contributed by atoms with Gasteiger partial charge in [-0.1, -0.05) is 0 Å². The van der Waals surface area contributed by atoms with Crippen molar-refractivity contribution >= 4 is 5.91 Å². The van der Waals surface area contributed by atoms with Crippen LogP contribution in [0.3, 0.4) is 0 Å². The van der Waals surface area contributed by atoms with E-state index in [1.807, 2.05) is 6.92 Å². The summed E-state index contributed by atoms with van der Waals surface area (Å²) in [6.07, 6.45) is 4.29. The zero-order chi connectivity index (χ0) is 13.6. The number of rotatable bonds is 6. The van der Waals surface area contributed by atoms with Crippen molar-refractivity contribution in [1.82, 2.24) is 15.5 Å². The zero-order valence-electron chi connectivity index (χ0n) is 12.4. The Balaban J connectivity index is 2.20. The molecule has 106 valence electrons. The molecule has 1 aliphatic heterocycles. The molecule has 0 radical (unpaired) electrons. The van der Waals surface area contributed by atoms with Gasteiger partial charge in [-0.05, 0) is 66.6 Å². The number of hydrogen-bond donors (Lipinski definition) is 2. The lowest BCUT2D eigenvalue weighted by molar-refractivity contribution is -0.127. The largest absolute Gasteiger partial charge is 0.354 e. The lowest BCUT2D eigenvalue weighted by Gasteiger charge is -2.33. The van der Waals surface area contributed by atoms with Crippen molar-refractivity contribution in [2.45, 2.75) is 58.0 Å². The Morgan fingerprint density at radius 2 is 2.17 bits per heavy atom. The molecule has 1 amide bonds. The normalized spacial score (nSPS) is 24.6. The van der Waals surface area contributed by atoms with Crippen LogP contribution in [-0.4, -0.2) is 49.1 Å². The van der Waals surface area contributed by atoms with Crippen molar-refractivity contribution in [1.29, 1.82) is 0 Å². The number of amides is 1. The molecule has 1 rings (SSSR count). The van der Waals surface area contributed by atoms with Crippen LogP contribution in [0.1, 0.15) is 46.5 Å². The maximum Gasteiger partial charge on any atom is 0.240 e. The topological polar surface area (TPSA) is 44.4 Å². The summed E-state index contributed by atoms with van der Waals surface area (Å²) in [6, 6.07) is 0.568. The molecule has 1 saturated heterocycles. The summed E-state index contributed by atoms with van der Waals surface area (Å²) < 4.78 is 0. The second-order valence-corrected chi connectivity index (χ2v) is 5.90. The smallest absolute Gasteiger partial charge is 0.240 e. The second-order valence-electron chi connectivity index (χ2n) is 5.90. The fourth-order valence-electron chi connectivity index (χ4n) is 2.23. The van der Waals surface area contributed by atoms with E-state index in [9.17, 15) is 4.79 Å². The van der Waals surface area contributed by atoms with Gasteiger partial charge < -0.3 is 15.5 Å². The third-order valence-corrected chi connectivity index (χ3v) is 3.97.